The Morgan fingerprint density at radius 2 is 1.70 bits per heavy atom. The second kappa shape index (κ2) is 9.89. The number of hydrogen-bond donors (Lipinski definition) is 2. The maximum atomic E-state index is 12.5. The number of rotatable bonds is 7. The van der Waals surface area contributed by atoms with Gasteiger partial charge in [0.1, 0.15) is 12.4 Å². The molecule has 0 fully saturated rings. The number of hydrogen-bond acceptors (Lipinski definition) is 4. The number of nitrogens with one attached hydrogen (secondary N) is 2. The molecular weight excluding hydrogens is 378 g/mol. The van der Waals surface area contributed by atoms with E-state index in [1.54, 1.807) is 67.7 Å². The topological polar surface area (TPSA) is 91.2 Å². The smallest absolute Gasteiger partial charge is 0.251 e. The summed E-state index contributed by atoms with van der Waals surface area (Å²) in [6.07, 6.45) is 0. The van der Waals surface area contributed by atoms with Gasteiger partial charge in [0, 0.05) is 30.3 Å². The van der Waals surface area contributed by atoms with Crippen LogP contribution < -0.4 is 15.4 Å². The highest BCUT2D eigenvalue weighted by molar-refractivity contribution is 5.95. The highest BCUT2D eigenvalue weighted by Gasteiger charge is 2.08. The van der Waals surface area contributed by atoms with Gasteiger partial charge in [-0.1, -0.05) is 36.4 Å². The van der Waals surface area contributed by atoms with Gasteiger partial charge < -0.3 is 15.4 Å². The summed E-state index contributed by atoms with van der Waals surface area (Å²) in [6, 6.07) is 23.3. The maximum Gasteiger partial charge on any atom is 0.251 e. The van der Waals surface area contributed by atoms with Gasteiger partial charge in [0.25, 0.3) is 11.8 Å². The minimum absolute atomic E-state index is 0.153. The molecule has 0 aliphatic rings. The van der Waals surface area contributed by atoms with Gasteiger partial charge in [-0.2, -0.15) is 5.26 Å². The van der Waals surface area contributed by atoms with E-state index in [2.05, 4.69) is 16.7 Å². The van der Waals surface area contributed by atoms with Gasteiger partial charge in [0.2, 0.25) is 0 Å². The van der Waals surface area contributed by atoms with Crippen LogP contribution in [0, 0.1) is 11.3 Å². The van der Waals surface area contributed by atoms with E-state index in [9.17, 15) is 9.59 Å². The third-order valence-electron chi connectivity index (χ3n) is 4.52. The number of nitrogens with zero attached hydrogens (tertiary/aromatic N) is 1. The standard InChI is InChI=1S/C24H21N3O3/c1-26-23(28)18-11-9-17(10-12-18)15-27-24(29)19-7-4-8-22(13-19)30-16-21-6-3-2-5-20(21)14-25/h2-13H,15-16H2,1H3,(H,26,28)(H,27,29). The van der Waals surface area contributed by atoms with Gasteiger partial charge in [-0.3, -0.25) is 9.59 Å². The van der Waals surface area contributed by atoms with Crippen LogP contribution in [0.15, 0.2) is 72.8 Å². The minimum Gasteiger partial charge on any atom is -0.489 e. The number of carbonyl (C=O) groups is 2. The predicted octanol–water partition coefficient (Wildman–Crippen LogP) is 3.43. The minimum atomic E-state index is -0.228. The van der Waals surface area contributed by atoms with Gasteiger partial charge in [-0.25, -0.2) is 0 Å². The van der Waals surface area contributed by atoms with Crippen LogP contribution in [0.2, 0.25) is 0 Å². The number of nitriles is 1. The fourth-order valence-corrected chi connectivity index (χ4v) is 2.85. The lowest BCUT2D eigenvalue weighted by Crippen LogP contribution is -2.23. The van der Waals surface area contributed by atoms with Crippen molar-refractivity contribution in [3.8, 4) is 11.8 Å². The molecule has 30 heavy (non-hydrogen) atoms. The number of carbonyl (C=O) groups excluding carboxylic acids is 2. The first-order valence-corrected chi connectivity index (χ1v) is 9.41. The molecular formula is C24H21N3O3. The average molecular weight is 399 g/mol. The van der Waals surface area contributed by atoms with Crippen molar-refractivity contribution in [3.63, 3.8) is 0 Å². The van der Waals surface area contributed by atoms with Crippen molar-refractivity contribution in [2.75, 3.05) is 7.05 Å². The summed E-state index contributed by atoms with van der Waals surface area (Å²) in [5.41, 5.74) is 3.28. The number of benzene rings is 3. The molecule has 2 amide bonds. The van der Waals surface area contributed by atoms with Crippen LogP contribution in [0.1, 0.15) is 37.4 Å². The Balaban J connectivity index is 1.59. The van der Waals surface area contributed by atoms with Crippen molar-refractivity contribution in [1.29, 1.82) is 5.26 Å². The molecule has 0 atom stereocenters. The molecule has 6 nitrogen and oxygen atoms in total. The van der Waals surface area contributed by atoms with Gasteiger partial charge in [-0.05, 0) is 42.0 Å². The maximum absolute atomic E-state index is 12.5. The van der Waals surface area contributed by atoms with Crippen molar-refractivity contribution < 1.29 is 14.3 Å². The van der Waals surface area contributed by atoms with Gasteiger partial charge in [-0.15, -0.1) is 0 Å². The zero-order valence-corrected chi connectivity index (χ0v) is 16.5. The van der Waals surface area contributed by atoms with Gasteiger partial charge in [0.15, 0.2) is 0 Å². The van der Waals surface area contributed by atoms with Crippen LogP contribution in [0.3, 0.4) is 0 Å². The van der Waals surface area contributed by atoms with Crippen molar-refractivity contribution in [1.82, 2.24) is 10.6 Å². The van der Waals surface area contributed by atoms with Crippen LogP contribution in [0.4, 0.5) is 0 Å². The second-order valence-corrected chi connectivity index (χ2v) is 6.54. The van der Waals surface area contributed by atoms with E-state index in [0.717, 1.165) is 11.1 Å². The molecule has 0 unspecified atom stereocenters. The van der Waals surface area contributed by atoms with Gasteiger partial charge >= 0.3 is 0 Å². The predicted molar refractivity (Wildman–Crippen MR) is 113 cm³/mol. The van der Waals surface area contributed by atoms with Crippen LogP contribution >= 0.6 is 0 Å². The number of ether oxygens (including phenoxy) is 1. The van der Waals surface area contributed by atoms with E-state index < -0.39 is 0 Å². The molecule has 0 aliphatic carbocycles. The lowest BCUT2D eigenvalue weighted by atomic mass is 10.1. The van der Waals surface area contributed by atoms with Crippen LogP contribution in [-0.2, 0) is 13.2 Å². The summed E-state index contributed by atoms with van der Waals surface area (Å²) in [7, 11) is 1.58. The fraction of sp³-hybridized carbons (Fsp3) is 0.125. The highest BCUT2D eigenvalue weighted by Crippen LogP contribution is 2.17. The van der Waals surface area contributed by atoms with E-state index >= 15 is 0 Å². The SMILES string of the molecule is CNC(=O)c1ccc(CNC(=O)c2cccc(OCc3ccccc3C#N)c2)cc1. The molecule has 0 saturated heterocycles. The summed E-state index contributed by atoms with van der Waals surface area (Å²) in [5.74, 6) is 0.165. The zero-order valence-electron chi connectivity index (χ0n) is 16.5. The molecule has 0 aliphatic heterocycles. The lowest BCUT2D eigenvalue weighted by Gasteiger charge is -2.10. The first-order chi connectivity index (χ1) is 14.6. The molecule has 150 valence electrons. The van der Waals surface area contributed by atoms with Crippen molar-refractivity contribution >= 4 is 11.8 Å². The van der Waals surface area contributed by atoms with E-state index in [1.165, 1.54) is 0 Å². The normalized spacial score (nSPS) is 10.0. The largest absolute Gasteiger partial charge is 0.489 e. The van der Waals surface area contributed by atoms with Crippen molar-refractivity contribution in [3.05, 3.63) is 101 Å². The Morgan fingerprint density at radius 1 is 0.933 bits per heavy atom. The first kappa shape index (κ1) is 20.6. The molecule has 0 spiro atoms. The summed E-state index contributed by atoms with van der Waals surface area (Å²) >= 11 is 0. The molecule has 0 bridgehead atoms. The van der Waals surface area contributed by atoms with Crippen molar-refractivity contribution in [2.24, 2.45) is 0 Å². The van der Waals surface area contributed by atoms with Crippen LogP contribution in [0.5, 0.6) is 5.75 Å². The molecule has 0 radical (unpaired) electrons. The third-order valence-corrected chi connectivity index (χ3v) is 4.52. The Hall–Kier alpha value is -4.11. The Labute approximate surface area is 175 Å². The first-order valence-electron chi connectivity index (χ1n) is 9.41. The van der Waals surface area contributed by atoms with E-state index in [-0.39, 0.29) is 18.4 Å². The van der Waals surface area contributed by atoms with Crippen LogP contribution in [-0.4, -0.2) is 18.9 Å². The third kappa shape index (κ3) is 5.24. The highest BCUT2D eigenvalue weighted by atomic mass is 16.5. The molecule has 3 aromatic rings. The lowest BCUT2D eigenvalue weighted by molar-refractivity contribution is 0.0945. The summed E-state index contributed by atoms with van der Waals surface area (Å²) in [6.45, 7) is 0.583. The Morgan fingerprint density at radius 3 is 2.43 bits per heavy atom. The summed E-state index contributed by atoms with van der Waals surface area (Å²) < 4.78 is 5.77. The van der Waals surface area contributed by atoms with E-state index in [1.807, 2.05) is 12.1 Å². The average Bonchev–Trinajstić information content (AvgIpc) is 2.81. The Bertz CT molecular complexity index is 1090. The molecule has 0 heterocycles. The molecule has 6 heteroatoms. The van der Waals surface area contributed by atoms with Crippen molar-refractivity contribution in [2.45, 2.75) is 13.2 Å². The summed E-state index contributed by atoms with van der Waals surface area (Å²) in [4.78, 5) is 24.1. The Kier molecular flexibility index (Phi) is 6.80. The second-order valence-electron chi connectivity index (χ2n) is 6.54. The van der Waals surface area contributed by atoms with Gasteiger partial charge in [0.05, 0.1) is 11.6 Å². The molecule has 2 N–H and O–H groups in total. The quantitative estimate of drug-likeness (QED) is 0.637. The molecule has 0 saturated carbocycles. The van der Waals surface area contributed by atoms with E-state index in [0.29, 0.717) is 29.0 Å². The molecule has 3 rings (SSSR count). The molecule has 0 aromatic heterocycles. The zero-order chi connectivity index (χ0) is 21.3. The summed E-state index contributed by atoms with van der Waals surface area (Å²) in [5, 5.41) is 14.6. The number of amides is 2. The van der Waals surface area contributed by atoms with Crippen LogP contribution in [0.25, 0.3) is 0 Å². The fourth-order valence-electron chi connectivity index (χ4n) is 2.85. The van der Waals surface area contributed by atoms with E-state index in [4.69, 9.17) is 10.00 Å². The molecule has 3 aromatic carbocycles. The monoisotopic (exact) mass is 399 g/mol.